The third-order valence-corrected chi connectivity index (χ3v) is 10.1. The van der Waals surface area contributed by atoms with Gasteiger partial charge in [0.15, 0.2) is 0 Å². The molecule has 3 aromatic rings. The lowest BCUT2D eigenvalue weighted by Gasteiger charge is -2.37. The number of alkyl halides is 3. The van der Waals surface area contributed by atoms with Gasteiger partial charge in [-0.25, -0.2) is 18.2 Å². The molecule has 0 spiro atoms. The van der Waals surface area contributed by atoms with Crippen LogP contribution in [0.25, 0.3) is 5.57 Å². The number of sulfone groups is 1. The molecule has 0 saturated carbocycles. The van der Waals surface area contributed by atoms with Gasteiger partial charge in [-0.05, 0) is 69.9 Å². The number of carbonyl (C=O) groups is 2. The molecule has 0 radical (unpaired) electrons. The maximum absolute atomic E-state index is 15.2. The van der Waals surface area contributed by atoms with Crippen molar-refractivity contribution in [2.24, 2.45) is 5.92 Å². The Morgan fingerprint density at radius 2 is 1.85 bits per heavy atom. The number of piperidine rings is 1. The van der Waals surface area contributed by atoms with Crippen molar-refractivity contribution in [1.82, 2.24) is 21.2 Å². The van der Waals surface area contributed by atoms with Gasteiger partial charge in [-0.1, -0.05) is 18.2 Å². The number of rotatable bonds is 8. The highest BCUT2D eigenvalue weighted by Gasteiger charge is 2.43. The van der Waals surface area contributed by atoms with Gasteiger partial charge in [-0.3, -0.25) is 4.79 Å². The van der Waals surface area contributed by atoms with Gasteiger partial charge < -0.3 is 31.1 Å². The van der Waals surface area contributed by atoms with Crippen LogP contribution in [0.5, 0.6) is 0 Å². The number of benzene rings is 2. The Bertz CT molecular complexity index is 1840. The first-order valence-electron chi connectivity index (χ1n) is 15.0. The van der Waals surface area contributed by atoms with Crippen molar-refractivity contribution >= 4 is 50.1 Å². The van der Waals surface area contributed by atoms with Gasteiger partial charge in [-0.2, -0.15) is 13.2 Å². The van der Waals surface area contributed by atoms with Gasteiger partial charge in [-0.15, -0.1) is 11.3 Å². The SMILES string of the molecule is CC(C)(C)OC(=O)NC[C@@H]1CCCN(c2c(NC(=O)c3csc(C4=CNNC=C4)n3)ccc(S(=O)(=O)c3ccccc3)c2C(F)(F)F)C1. The van der Waals surface area contributed by atoms with E-state index in [1.807, 2.05) is 0 Å². The van der Waals surface area contributed by atoms with Crippen LogP contribution < -0.4 is 26.4 Å². The van der Waals surface area contributed by atoms with Crippen LogP contribution in [0.15, 0.2) is 76.1 Å². The third kappa shape index (κ3) is 8.10. The Hall–Kier alpha value is -4.57. The second-order valence-electron chi connectivity index (χ2n) is 12.2. The Balaban J connectivity index is 1.54. The molecule has 1 atom stereocenters. The van der Waals surface area contributed by atoms with Crippen LogP contribution in [0.2, 0.25) is 0 Å². The summed E-state index contributed by atoms with van der Waals surface area (Å²) in [4.78, 5) is 30.3. The molecule has 256 valence electrons. The van der Waals surface area contributed by atoms with E-state index in [9.17, 15) is 18.0 Å². The lowest BCUT2D eigenvalue weighted by atomic mass is 9.96. The maximum Gasteiger partial charge on any atom is 0.419 e. The van der Waals surface area contributed by atoms with Crippen LogP contribution in [0.3, 0.4) is 0 Å². The molecule has 2 aliphatic heterocycles. The minimum atomic E-state index is -5.14. The summed E-state index contributed by atoms with van der Waals surface area (Å²) in [7, 11) is -4.64. The minimum absolute atomic E-state index is 0.0265. The first-order chi connectivity index (χ1) is 22.6. The highest BCUT2D eigenvalue weighted by molar-refractivity contribution is 7.91. The van der Waals surface area contributed by atoms with E-state index in [2.05, 4.69) is 26.5 Å². The highest BCUT2D eigenvalue weighted by Crippen LogP contribution is 2.47. The number of nitrogens with one attached hydrogen (secondary N) is 4. The standard InChI is InChI=1S/C32H35F3N6O5S2/c1-31(2,3)46-30(43)36-16-20-8-7-15-41(18-20)27-23(39-28(42)24-19-47-29(40-24)21-13-14-37-38-17-21)11-12-25(26(27)32(33,34)35)48(44,45)22-9-5-4-6-10-22/h4-6,9-14,17,19-20,37-38H,7-8,15-16,18H2,1-3H3,(H,36,43)(H,39,42)/t20-/m0/s1. The molecule has 2 aromatic carbocycles. The fraction of sp³-hybridized carbons (Fsp3) is 0.344. The fourth-order valence-electron chi connectivity index (χ4n) is 5.38. The molecule has 3 heterocycles. The smallest absolute Gasteiger partial charge is 0.419 e. The van der Waals surface area contributed by atoms with E-state index < -0.39 is 49.8 Å². The number of halogens is 3. The quantitative estimate of drug-likeness (QED) is 0.224. The Morgan fingerprint density at radius 3 is 2.52 bits per heavy atom. The van der Waals surface area contributed by atoms with E-state index in [1.165, 1.54) is 51.9 Å². The summed E-state index contributed by atoms with van der Waals surface area (Å²) >= 11 is 1.18. The van der Waals surface area contributed by atoms with E-state index in [1.54, 1.807) is 45.3 Å². The van der Waals surface area contributed by atoms with Gasteiger partial charge in [0, 0.05) is 43.0 Å². The number of hydrogen-bond acceptors (Lipinski definition) is 10. The van der Waals surface area contributed by atoms with Crippen LogP contribution in [-0.4, -0.2) is 50.6 Å². The lowest BCUT2D eigenvalue weighted by Crippen LogP contribution is -2.43. The van der Waals surface area contributed by atoms with Crippen LogP contribution in [0.1, 0.15) is 54.7 Å². The summed E-state index contributed by atoms with van der Waals surface area (Å²) in [5.41, 5.74) is 3.42. The number of nitrogens with zero attached hydrogens (tertiary/aromatic N) is 2. The highest BCUT2D eigenvalue weighted by atomic mass is 32.2. The number of thiazole rings is 1. The molecule has 0 aliphatic carbocycles. The van der Waals surface area contributed by atoms with Crippen LogP contribution in [-0.2, 0) is 20.8 Å². The average molecular weight is 705 g/mol. The number of allylic oxidation sites excluding steroid dienone is 2. The monoisotopic (exact) mass is 704 g/mol. The number of ether oxygens (including phenoxy) is 1. The number of alkyl carbamates (subject to hydrolysis) is 1. The molecule has 11 nitrogen and oxygen atoms in total. The van der Waals surface area contributed by atoms with Gasteiger partial charge in [0.1, 0.15) is 16.3 Å². The molecule has 48 heavy (non-hydrogen) atoms. The molecular weight excluding hydrogens is 670 g/mol. The Morgan fingerprint density at radius 1 is 1.10 bits per heavy atom. The molecule has 1 fully saturated rings. The zero-order valence-electron chi connectivity index (χ0n) is 26.3. The summed E-state index contributed by atoms with van der Waals surface area (Å²) in [6.45, 7) is 5.44. The molecule has 1 aromatic heterocycles. The predicted octanol–water partition coefficient (Wildman–Crippen LogP) is 5.95. The minimum Gasteiger partial charge on any atom is -0.444 e. The van der Waals surface area contributed by atoms with Gasteiger partial charge in [0.2, 0.25) is 9.84 Å². The van der Waals surface area contributed by atoms with E-state index in [-0.39, 0.29) is 41.8 Å². The second-order valence-corrected chi connectivity index (χ2v) is 15.0. The Labute approximate surface area is 280 Å². The zero-order valence-corrected chi connectivity index (χ0v) is 28.0. The summed E-state index contributed by atoms with van der Waals surface area (Å²) in [6, 6.07) is 8.92. The van der Waals surface area contributed by atoms with E-state index in [0.29, 0.717) is 23.4 Å². The first kappa shape index (κ1) is 34.8. The molecule has 2 aliphatic rings. The van der Waals surface area contributed by atoms with E-state index in [0.717, 1.165) is 6.07 Å². The van der Waals surface area contributed by atoms with Crippen molar-refractivity contribution in [3.8, 4) is 0 Å². The third-order valence-electron chi connectivity index (χ3n) is 7.42. The molecule has 0 unspecified atom stereocenters. The van der Waals surface area contributed by atoms with Crippen molar-refractivity contribution in [3.63, 3.8) is 0 Å². The molecule has 5 rings (SSSR count). The fourth-order valence-corrected chi connectivity index (χ4v) is 7.67. The van der Waals surface area contributed by atoms with Crippen molar-refractivity contribution in [1.29, 1.82) is 0 Å². The average Bonchev–Trinajstić information content (AvgIpc) is 3.54. The summed E-state index contributed by atoms with van der Waals surface area (Å²) < 4.78 is 78.2. The predicted molar refractivity (Wildman–Crippen MR) is 176 cm³/mol. The second kappa shape index (κ2) is 13.9. The molecule has 4 N–H and O–H groups in total. The normalized spacial score (nSPS) is 16.8. The number of hydrazine groups is 1. The van der Waals surface area contributed by atoms with E-state index in [4.69, 9.17) is 4.74 Å². The topological polar surface area (TPSA) is 142 Å². The van der Waals surface area contributed by atoms with Crippen molar-refractivity contribution in [3.05, 3.63) is 82.6 Å². The number of amides is 2. The van der Waals surface area contributed by atoms with Gasteiger partial charge >= 0.3 is 12.3 Å². The van der Waals surface area contributed by atoms with Crippen LogP contribution in [0, 0.1) is 5.92 Å². The zero-order chi connectivity index (χ0) is 34.7. The summed E-state index contributed by atoms with van der Waals surface area (Å²) in [6.07, 6.45) is 0.264. The van der Waals surface area contributed by atoms with Crippen molar-refractivity contribution in [2.75, 3.05) is 29.9 Å². The Kier molecular flexibility index (Phi) is 10.1. The molecular formula is C32H35F3N6O5S2. The number of carbonyl (C=O) groups excluding carboxylic acids is 2. The molecule has 2 amide bonds. The number of aromatic nitrogens is 1. The van der Waals surface area contributed by atoms with Gasteiger partial charge in [0.05, 0.1) is 26.7 Å². The summed E-state index contributed by atoms with van der Waals surface area (Å²) in [5, 5.41) is 7.24. The molecule has 1 saturated heterocycles. The van der Waals surface area contributed by atoms with Crippen molar-refractivity contribution in [2.45, 2.75) is 55.2 Å². The molecule has 0 bridgehead atoms. The number of hydrogen-bond donors (Lipinski definition) is 4. The summed E-state index contributed by atoms with van der Waals surface area (Å²) in [5.74, 6) is -1.07. The largest absolute Gasteiger partial charge is 0.444 e. The lowest BCUT2D eigenvalue weighted by molar-refractivity contribution is -0.139. The first-order valence-corrected chi connectivity index (χ1v) is 17.4. The molecule has 16 heteroatoms. The maximum atomic E-state index is 15.2. The van der Waals surface area contributed by atoms with Crippen LogP contribution in [0.4, 0.5) is 29.3 Å². The van der Waals surface area contributed by atoms with Crippen molar-refractivity contribution < 1.29 is 35.9 Å². The van der Waals surface area contributed by atoms with Gasteiger partial charge in [0.25, 0.3) is 5.91 Å². The number of anilines is 2. The van der Waals surface area contributed by atoms with Crippen LogP contribution >= 0.6 is 11.3 Å². The van der Waals surface area contributed by atoms with E-state index >= 15 is 13.2 Å².